The summed E-state index contributed by atoms with van der Waals surface area (Å²) in [5.41, 5.74) is 0. The Balaban J connectivity index is 3.53. The number of carbonyl (C=O) groups is 1. The number of carboxylic acids is 1. The van der Waals surface area contributed by atoms with Gasteiger partial charge in [-0.3, -0.25) is 4.79 Å². The first kappa shape index (κ1) is 10.6. The van der Waals surface area contributed by atoms with Gasteiger partial charge in [-0.25, -0.2) is 0 Å². The zero-order valence-electron chi connectivity index (χ0n) is 6.91. The van der Waals surface area contributed by atoms with Gasteiger partial charge in [0.15, 0.2) is 0 Å². The van der Waals surface area contributed by atoms with Gasteiger partial charge in [0.25, 0.3) is 0 Å². The van der Waals surface area contributed by atoms with E-state index in [-0.39, 0.29) is 5.92 Å². The Labute approximate surface area is 72.6 Å². The highest BCUT2D eigenvalue weighted by Crippen LogP contribution is 2.10. The lowest BCUT2D eigenvalue weighted by Crippen LogP contribution is -2.10. The SMILES string of the molecule is CC(C=S)CCC(C)C(=O)O. The van der Waals surface area contributed by atoms with Gasteiger partial charge in [-0.1, -0.05) is 26.1 Å². The summed E-state index contributed by atoms with van der Waals surface area (Å²) in [6.45, 7) is 3.72. The summed E-state index contributed by atoms with van der Waals surface area (Å²) in [5, 5.41) is 10.2. The fourth-order valence-electron chi connectivity index (χ4n) is 0.704. The van der Waals surface area contributed by atoms with Gasteiger partial charge >= 0.3 is 5.97 Å². The molecule has 0 aromatic carbocycles. The number of carboxylic acid groups (broad SMARTS) is 1. The second-order valence-electron chi connectivity index (χ2n) is 2.93. The fraction of sp³-hybridized carbons (Fsp3) is 0.750. The van der Waals surface area contributed by atoms with Crippen LogP contribution in [0.4, 0.5) is 0 Å². The van der Waals surface area contributed by atoms with Crippen LogP contribution in [-0.4, -0.2) is 16.4 Å². The highest BCUT2D eigenvalue weighted by Gasteiger charge is 2.11. The summed E-state index contributed by atoms with van der Waals surface area (Å²) in [5.74, 6) is -0.610. The zero-order chi connectivity index (χ0) is 8.85. The molecular weight excluding hydrogens is 160 g/mol. The van der Waals surface area contributed by atoms with Gasteiger partial charge < -0.3 is 5.11 Å². The number of thiocarbonyl (C=S) groups is 1. The van der Waals surface area contributed by atoms with Crippen molar-refractivity contribution in [2.75, 3.05) is 0 Å². The minimum Gasteiger partial charge on any atom is -0.481 e. The molecular formula is C8H14O2S. The molecule has 0 aromatic rings. The number of rotatable bonds is 5. The third-order valence-electron chi connectivity index (χ3n) is 1.71. The lowest BCUT2D eigenvalue weighted by atomic mass is 10.00. The molecule has 0 heterocycles. The van der Waals surface area contributed by atoms with Crippen LogP contribution in [0, 0.1) is 11.8 Å². The quantitative estimate of drug-likeness (QED) is 0.649. The maximum atomic E-state index is 10.4. The van der Waals surface area contributed by atoms with E-state index in [9.17, 15) is 4.79 Å². The van der Waals surface area contributed by atoms with Crippen molar-refractivity contribution < 1.29 is 9.90 Å². The second-order valence-corrected chi connectivity index (χ2v) is 3.20. The van der Waals surface area contributed by atoms with Crippen LogP contribution in [0.5, 0.6) is 0 Å². The van der Waals surface area contributed by atoms with Gasteiger partial charge in [0.2, 0.25) is 0 Å². The molecule has 0 aliphatic carbocycles. The molecule has 2 nitrogen and oxygen atoms in total. The van der Waals surface area contributed by atoms with E-state index in [1.54, 1.807) is 12.3 Å². The van der Waals surface area contributed by atoms with Crippen molar-refractivity contribution in [2.24, 2.45) is 11.8 Å². The predicted octanol–water partition coefficient (Wildman–Crippen LogP) is 2.12. The standard InChI is InChI=1S/C8H14O2S/c1-6(5-11)3-4-7(2)8(9)10/h5-7H,3-4H2,1-2H3,(H,9,10). The Hall–Kier alpha value is -0.440. The highest BCUT2D eigenvalue weighted by molar-refractivity contribution is 7.79. The van der Waals surface area contributed by atoms with Gasteiger partial charge in [0.05, 0.1) is 5.92 Å². The molecule has 0 aliphatic rings. The van der Waals surface area contributed by atoms with Gasteiger partial charge in [-0.15, -0.1) is 0 Å². The van der Waals surface area contributed by atoms with Crippen molar-refractivity contribution in [3.63, 3.8) is 0 Å². The van der Waals surface area contributed by atoms with E-state index < -0.39 is 5.97 Å². The minimum atomic E-state index is -0.721. The second kappa shape index (κ2) is 5.24. The van der Waals surface area contributed by atoms with Crippen LogP contribution in [-0.2, 0) is 4.79 Å². The van der Waals surface area contributed by atoms with Crippen LogP contribution < -0.4 is 0 Å². The first-order valence-electron chi connectivity index (χ1n) is 3.76. The molecule has 0 aromatic heterocycles. The van der Waals surface area contributed by atoms with Crippen molar-refractivity contribution in [2.45, 2.75) is 26.7 Å². The van der Waals surface area contributed by atoms with E-state index in [1.165, 1.54) is 0 Å². The Bertz CT molecular complexity index is 145. The largest absolute Gasteiger partial charge is 0.481 e. The van der Waals surface area contributed by atoms with Crippen LogP contribution >= 0.6 is 12.2 Å². The van der Waals surface area contributed by atoms with Crippen LogP contribution in [0.25, 0.3) is 0 Å². The summed E-state index contributed by atoms with van der Waals surface area (Å²) in [6.07, 6.45) is 1.58. The first-order chi connectivity index (χ1) is 5.07. The third-order valence-corrected chi connectivity index (χ3v) is 2.17. The highest BCUT2D eigenvalue weighted by atomic mass is 32.1. The molecule has 0 saturated heterocycles. The Kier molecular flexibility index (Phi) is 5.03. The molecule has 0 bridgehead atoms. The molecule has 11 heavy (non-hydrogen) atoms. The molecule has 3 heteroatoms. The Morgan fingerprint density at radius 2 is 2.09 bits per heavy atom. The van der Waals surface area contributed by atoms with E-state index in [1.807, 2.05) is 6.92 Å². The number of hydrogen-bond acceptors (Lipinski definition) is 2. The Morgan fingerprint density at radius 1 is 1.55 bits per heavy atom. The molecule has 2 atom stereocenters. The molecule has 0 aliphatic heterocycles. The van der Waals surface area contributed by atoms with Crippen molar-refractivity contribution in [1.29, 1.82) is 0 Å². The molecule has 0 amide bonds. The summed E-state index contributed by atoms with van der Waals surface area (Å²) < 4.78 is 0. The van der Waals surface area contributed by atoms with E-state index in [4.69, 9.17) is 17.3 Å². The lowest BCUT2D eigenvalue weighted by molar-refractivity contribution is -0.141. The molecule has 64 valence electrons. The van der Waals surface area contributed by atoms with E-state index in [0.29, 0.717) is 12.3 Å². The monoisotopic (exact) mass is 174 g/mol. The van der Waals surface area contributed by atoms with Gasteiger partial charge in [-0.05, 0) is 24.1 Å². The number of aliphatic carboxylic acids is 1. The molecule has 0 radical (unpaired) electrons. The average Bonchev–Trinajstić information content (AvgIpc) is 1.99. The smallest absolute Gasteiger partial charge is 0.306 e. The third kappa shape index (κ3) is 4.90. The average molecular weight is 174 g/mol. The molecule has 0 fully saturated rings. The normalized spacial score (nSPS) is 15.5. The summed E-state index contributed by atoms with van der Waals surface area (Å²) in [7, 11) is 0. The van der Waals surface area contributed by atoms with E-state index in [0.717, 1.165) is 6.42 Å². The van der Waals surface area contributed by atoms with Crippen LogP contribution in [0.3, 0.4) is 0 Å². The maximum Gasteiger partial charge on any atom is 0.306 e. The van der Waals surface area contributed by atoms with E-state index >= 15 is 0 Å². The van der Waals surface area contributed by atoms with Crippen molar-refractivity contribution in [3.05, 3.63) is 0 Å². The zero-order valence-corrected chi connectivity index (χ0v) is 7.73. The molecule has 0 rings (SSSR count). The van der Waals surface area contributed by atoms with Crippen LogP contribution in [0.2, 0.25) is 0 Å². The van der Waals surface area contributed by atoms with Crippen LogP contribution in [0.15, 0.2) is 0 Å². The van der Waals surface area contributed by atoms with E-state index in [2.05, 4.69) is 0 Å². The Morgan fingerprint density at radius 3 is 2.45 bits per heavy atom. The molecule has 0 saturated carbocycles. The van der Waals surface area contributed by atoms with Gasteiger partial charge in [-0.2, -0.15) is 0 Å². The predicted molar refractivity (Wildman–Crippen MR) is 48.9 cm³/mol. The van der Waals surface area contributed by atoms with Gasteiger partial charge in [0, 0.05) is 0 Å². The van der Waals surface area contributed by atoms with Crippen molar-refractivity contribution >= 4 is 23.6 Å². The summed E-state index contributed by atoms with van der Waals surface area (Å²) >= 11 is 4.72. The first-order valence-corrected chi connectivity index (χ1v) is 4.23. The van der Waals surface area contributed by atoms with Gasteiger partial charge in [0.1, 0.15) is 0 Å². The molecule has 0 spiro atoms. The maximum absolute atomic E-state index is 10.4. The lowest BCUT2D eigenvalue weighted by Gasteiger charge is -2.07. The summed E-state index contributed by atoms with van der Waals surface area (Å²) in [4.78, 5) is 10.4. The molecule has 2 unspecified atom stereocenters. The van der Waals surface area contributed by atoms with Crippen molar-refractivity contribution in [3.8, 4) is 0 Å². The van der Waals surface area contributed by atoms with Crippen molar-refractivity contribution in [1.82, 2.24) is 0 Å². The molecule has 1 N–H and O–H groups in total. The fourth-order valence-corrected chi connectivity index (χ4v) is 0.840. The minimum absolute atomic E-state index is 0.243. The summed E-state index contributed by atoms with van der Waals surface area (Å²) in [6, 6.07) is 0. The van der Waals surface area contributed by atoms with Crippen LogP contribution in [0.1, 0.15) is 26.7 Å². The number of hydrogen-bond donors (Lipinski definition) is 1. The topological polar surface area (TPSA) is 37.3 Å².